The SMILES string of the molecule is Cc1cccc(SSc2ccccc2)c1C. The molecule has 0 aromatic heterocycles. The molecule has 0 fully saturated rings. The number of rotatable bonds is 3. The summed E-state index contributed by atoms with van der Waals surface area (Å²) in [6.45, 7) is 4.34. The number of aryl methyl sites for hydroxylation is 1. The van der Waals surface area contributed by atoms with Crippen molar-refractivity contribution in [3.05, 3.63) is 59.7 Å². The molecule has 0 saturated heterocycles. The number of benzene rings is 2. The van der Waals surface area contributed by atoms with Crippen LogP contribution in [0.5, 0.6) is 0 Å². The Balaban J connectivity index is 2.08. The Kier molecular flexibility index (Phi) is 3.97. The number of hydrogen-bond acceptors (Lipinski definition) is 2. The van der Waals surface area contributed by atoms with Gasteiger partial charge in [-0.2, -0.15) is 0 Å². The quantitative estimate of drug-likeness (QED) is 0.691. The summed E-state index contributed by atoms with van der Waals surface area (Å²) in [4.78, 5) is 2.65. The fourth-order valence-corrected chi connectivity index (χ4v) is 3.69. The summed E-state index contributed by atoms with van der Waals surface area (Å²) in [5, 5.41) is 0. The minimum Gasteiger partial charge on any atom is -0.0622 e. The maximum atomic E-state index is 2.18. The Hall–Kier alpha value is -0.860. The van der Waals surface area contributed by atoms with Crippen molar-refractivity contribution in [1.82, 2.24) is 0 Å². The third-order valence-corrected chi connectivity index (χ3v) is 5.06. The van der Waals surface area contributed by atoms with E-state index in [1.54, 1.807) is 0 Å². The average Bonchev–Trinajstić information content (AvgIpc) is 2.32. The zero-order chi connectivity index (χ0) is 11.4. The van der Waals surface area contributed by atoms with Gasteiger partial charge in [0.15, 0.2) is 0 Å². The highest BCUT2D eigenvalue weighted by Crippen LogP contribution is 2.39. The van der Waals surface area contributed by atoms with Crippen LogP contribution in [0.15, 0.2) is 58.3 Å². The van der Waals surface area contributed by atoms with Gasteiger partial charge in [0.2, 0.25) is 0 Å². The van der Waals surface area contributed by atoms with Crippen LogP contribution in [-0.2, 0) is 0 Å². The molecule has 0 aliphatic heterocycles. The standard InChI is InChI=1S/C14H14S2/c1-11-7-6-10-14(12(11)2)16-15-13-8-4-3-5-9-13/h3-10H,1-2H3. The summed E-state index contributed by atoms with van der Waals surface area (Å²) in [7, 11) is 3.64. The monoisotopic (exact) mass is 246 g/mol. The molecule has 0 radical (unpaired) electrons. The maximum absolute atomic E-state index is 2.18. The van der Waals surface area contributed by atoms with Crippen LogP contribution in [0.3, 0.4) is 0 Å². The lowest BCUT2D eigenvalue weighted by Crippen LogP contribution is -1.82. The van der Waals surface area contributed by atoms with Crippen molar-refractivity contribution in [2.45, 2.75) is 23.6 Å². The van der Waals surface area contributed by atoms with Gasteiger partial charge in [0.25, 0.3) is 0 Å². The fraction of sp³-hybridized carbons (Fsp3) is 0.143. The molecule has 0 spiro atoms. The van der Waals surface area contributed by atoms with Gasteiger partial charge in [-0.15, -0.1) is 0 Å². The molecule has 0 amide bonds. The van der Waals surface area contributed by atoms with Gasteiger partial charge in [0.1, 0.15) is 0 Å². The van der Waals surface area contributed by atoms with Gasteiger partial charge >= 0.3 is 0 Å². The van der Waals surface area contributed by atoms with E-state index in [0.717, 1.165) is 0 Å². The lowest BCUT2D eigenvalue weighted by Gasteiger charge is -2.07. The van der Waals surface area contributed by atoms with Crippen LogP contribution in [0.4, 0.5) is 0 Å². The van der Waals surface area contributed by atoms with Gasteiger partial charge in [-0.3, -0.25) is 0 Å². The van der Waals surface area contributed by atoms with Crippen molar-refractivity contribution in [1.29, 1.82) is 0 Å². The highest BCUT2D eigenvalue weighted by atomic mass is 33.1. The molecule has 0 nitrogen and oxygen atoms in total. The van der Waals surface area contributed by atoms with Crippen molar-refractivity contribution >= 4 is 21.6 Å². The zero-order valence-corrected chi connectivity index (χ0v) is 11.1. The normalized spacial score (nSPS) is 10.4. The first-order chi connectivity index (χ1) is 7.77. The molecule has 82 valence electrons. The van der Waals surface area contributed by atoms with Crippen LogP contribution in [0, 0.1) is 13.8 Å². The minimum absolute atomic E-state index is 1.30. The first-order valence-corrected chi connectivity index (χ1v) is 7.38. The Bertz CT molecular complexity index is 463. The zero-order valence-electron chi connectivity index (χ0n) is 9.44. The molecular weight excluding hydrogens is 232 g/mol. The summed E-state index contributed by atoms with van der Waals surface area (Å²) in [6.07, 6.45) is 0. The molecule has 16 heavy (non-hydrogen) atoms. The topological polar surface area (TPSA) is 0 Å². The van der Waals surface area contributed by atoms with E-state index in [1.165, 1.54) is 20.9 Å². The molecule has 0 aliphatic carbocycles. The molecule has 0 N–H and O–H groups in total. The van der Waals surface area contributed by atoms with Crippen LogP contribution in [0.2, 0.25) is 0 Å². The van der Waals surface area contributed by atoms with Crippen molar-refractivity contribution in [3.8, 4) is 0 Å². The first-order valence-electron chi connectivity index (χ1n) is 5.23. The van der Waals surface area contributed by atoms with Crippen LogP contribution < -0.4 is 0 Å². The lowest BCUT2D eigenvalue weighted by molar-refractivity contribution is 1.24. The van der Waals surface area contributed by atoms with Gasteiger partial charge in [0, 0.05) is 9.79 Å². The fourth-order valence-electron chi connectivity index (χ4n) is 1.38. The molecule has 2 rings (SSSR count). The maximum Gasteiger partial charge on any atom is 0.0218 e. The molecule has 2 aromatic carbocycles. The van der Waals surface area contributed by atoms with Crippen molar-refractivity contribution in [2.24, 2.45) is 0 Å². The van der Waals surface area contributed by atoms with E-state index in [4.69, 9.17) is 0 Å². The Morgan fingerprint density at radius 3 is 2.25 bits per heavy atom. The van der Waals surface area contributed by atoms with Gasteiger partial charge in [0.05, 0.1) is 0 Å². The van der Waals surface area contributed by atoms with Gasteiger partial charge < -0.3 is 0 Å². The van der Waals surface area contributed by atoms with Crippen LogP contribution >= 0.6 is 21.6 Å². The number of hydrogen-bond donors (Lipinski definition) is 0. The molecule has 0 saturated carbocycles. The Morgan fingerprint density at radius 1 is 0.750 bits per heavy atom. The molecule has 2 aromatic rings. The van der Waals surface area contributed by atoms with E-state index >= 15 is 0 Å². The average molecular weight is 246 g/mol. The smallest absolute Gasteiger partial charge is 0.0218 e. The van der Waals surface area contributed by atoms with E-state index in [2.05, 4.69) is 56.3 Å². The highest BCUT2D eigenvalue weighted by Gasteiger charge is 2.02. The molecule has 0 atom stereocenters. The highest BCUT2D eigenvalue weighted by molar-refractivity contribution is 8.76. The summed E-state index contributed by atoms with van der Waals surface area (Å²) < 4.78 is 0. The first kappa shape index (κ1) is 11.6. The van der Waals surface area contributed by atoms with Crippen LogP contribution in [0.1, 0.15) is 11.1 Å². The summed E-state index contributed by atoms with van der Waals surface area (Å²) in [5.41, 5.74) is 2.74. The Labute approximate surface area is 105 Å². The van der Waals surface area contributed by atoms with E-state index in [0.29, 0.717) is 0 Å². The molecule has 0 aliphatic rings. The summed E-state index contributed by atoms with van der Waals surface area (Å²) in [5.74, 6) is 0. The van der Waals surface area contributed by atoms with Crippen molar-refractivity contribution in [2.75, 3.05) is 0 Å². The second-order valence-electron chi connectivity index (χ2n) is 3.68. The molecule has 0 heterocycles. The Morgan fingerprint density at radius 2 is 1.50 bits per heavy atom. The summed E-state index contributed by atoms with van der Waals surface area (Å²) in [6, 6.07) is 16.9. The molecule has 0 bridgehead atoms. The molecular formula is C14H14S2. The van der Waals surface area contributed by atoms with E-state index in [-0.39, 0.29) is 0 Å². The molecule has 2 heteroatoms. The summed E-state index contributed by atoms with van der Waals surface area (Å²) >= 11 is 0. The van der Waals surface area contributed by atoms with E-state index in [9.17, 15) is 0 Å². The van der Waals surface area contributed by atoms with Gasteiger partial charge in [-0.1, -0.05) is 51.9 Å². The third-order valence-electron chi connectivity index (χ3n) is 2.53. The lowest BCUT2D eigenvalue weighted by atomic mass is 10.1. The van der Waals surface area contributed by atoms with Crippen LogP contribution in [-0.4, -0.2) is 0 Å². The second-order valence-corrected chi connectivity index (χ2v) is 5.92. The minimum atomic E-state index is 1.30. The second kappa shape index (κ2) is 5.46. The van der Waals surface area contributed by atoms with Gasteiger partial charge in [-0.05, 0) is 43.2 Å². The predicted molar refractivity (Wildman–Crippen MR) is 74.1 cm³/mol. The predicted octanol–water partition coefficient (Wildman–Crippen LogP) is 5.10. The van der Waals surface area contributed by atoms with Gasteiger partial charge in [-0.25, -0.2) is 0 Å². The van der Waals surface area contributed by atoms with Crippen molar-refractivity contribution in [3.63, 3.8) is 0 Å². The van der Waals surface area contributed by atoms with E-state index < -0.39 is 0 Å². The van der Waals surface area contributed by atoms with Crippen molar-refractivity contribution < 1.29 is 0 Å². The third kappa shape index (κ3) is 2.83. The largest absolute Gasteiger partial charge is 0.0622 e. The molecule has 0 unspecified atom stereocenters. The van der Waals surface area contributed by atoms with E-state index in [1.807, 2.05) is 27.7 Å². The van der Waals surface area contributed by atoms with Crippen LogP contribution in [0.25, 0.3) is 0 Å².